The first-order valence-corrected chi connectivity index (χ1v) is 6.60. The molecule has 2 aromatic carbocycles. The number of hydrogen-bond acceptors (Lipinski definition) is 3. The van der Waals surface area contributed by atoms with Crippen molar-refractivity contribution in [3.8, 4) is 11.1 Å². The van der Waals surface area contributed by atoms with Gasteiger partial charge in [0.15, 0.2) is 0 Å². The summed E-state index contributed by atoms with van der Waals surface area (Å²) in [4.78, 5) is 12.1. The van der Waals surface area contributed by atoms with Crippen molar-refractivity contribution in [2.45, 2.75) is 6.92 Å². The standard InChI is InChI=1S/C16H13FN2O2/c1-2-21-16(20)11-7-8-14-12(9-18-19-14)15(11)10-5-3-4-6-13(10)17/h3-9H,2H2,1H3,(H,18,19). The summed E-state index contributed by atoms with van der Waals surface area (Å²) in [5.74, 6) is -0.865. The highest BCUT2D eigenvalue weighted by Crippen LogP contribution is 2.33. The minimum atomic E-state index is -0.473. The van der Waals surface area contributed by atoms with Crippen LogP contribution < -0.4 is 0 Å². The molecule has 106 valence electrons. The van der Waals surface area contributed by atoms with E-state index in [4.69, 9.17) is 4.74 Å². The highest BCUT2D eigenvalue weighted by molar-refractivity contribution is 6.07. The zero-order valence-corrected chi connectivity index (χ0v) is 11.4. The molecule has 4 nitrogen and oxygen atoms in total. The summed E-state index contributed by atoms with van der Waals surface area (Å²) in [6.07, 6.45) is 1.58. The van der Waals surface area contributed by atoms with Crippen molar-refractivity contribution < 1.29 is 13.9 Å². The topological polar surface area (TPSA) is 55.0 Å². The number of H-pyrrole nitrogens is 1. The van der Waals surface area contributed by atoms with E-state index >= 15 is 0 Å². The van der Waals surface area contributed by atoms with Crippen molar-refractivity contribution in [3.63, 3.8) is 0 Å². The van der Waals surface area contributed by atoms with Crippen LogP contribution in [0.2, 0.25) is 0 Å². The first-order chi connectivity index (χ1) is 10.2. The summed E-state index contributed by atoms with van der Waals surface area (Å²) in [6.45, 7) is 2.00. The summed E-state index contributed by atoms with van der Waals surface area (Å²) in [7, 11) is 0. The summed E-state index contributed by atoms with van der Waals surface area (Å²) in [5.41, 5.74) is 1.92. The van der Waals surface area contributed by atoms with Crippen LogP contribution in [-0.4, -0.2) is 22.8 Å². The van der Waals surface area contributed by atoms with Crippen molar-refractivity contribution in [1.82, 2.24) is 10.2 Å². The molecule has 0 unspecified atom stereocenters. The Morgan fingerprint density at radius 3 is 2.86 bits per heavy atom. The SMILES string of the molecule is CCOC(=O)c1ccc2[nH]ncc2c1-c1ccccc1F. The summed E-state index contributed by atoms with van der Waals surface area (Å²) in [6, 6.07) is 9.70. The third kappa shape index (κ3) is 2.27. The normalized spacial score (nSPS) is 10.8. The molecule has 0 fully saturated rings. The van der Waals surface area contributed by atoms with Crippen LogP contribution in [0, 0.1) is 5.82 Å². The average Bonchev–Trinajstić information content (AvgIpc) is 2.95. The van der Waals surface area contributed by atoms with Gasteiger partial charge < -0.3 is 4.74 Å². The Morgan fingerprint density at radius 1 is 1.29 bits per heavy atom. The van der Waals surface area contributed by atoms with Crippen LogP contribution >= 0.6 is 0 Å². The van der Waals surface area contributed by atoms with E-state index in [0.717, 1.165) is 5.52 Å². The number of nitrogens with zero attached hydrogens (tertiary/aromatic N) is 1. The molecule has 5 heteroatoms. The lowest BCUT2D eigenvalue weighted by atomic mass is 9.96. The second-order valence-electron chi connectivity index (χ2n) is 4.52. The lowest BCUT2D eigenvalue weighted by Crippen LogP contribution is -2.07. The summed E-state index contributed by atoms with van der Waals surface area (Å²) in [5, 5.41) is 7.47. The zero-order valence-electron chi connectivity index (χ0n) is 11.4. The number of carbonyl (C=O) groups is 1. The Kier molecular flexibility index (Phi) is 3.39. The molecule has 0 spiro atoms. The Morgan fingerprint density at radius 2 is 2.10 bits per heavy atom. The van der Waals surface area contributed by atoms with Gasteiger partial charge in [0.05, 0.1) is 23.9 Å². The molecule has 0 radical (unpaired) electrons. The van der Waals surface area contributed by atoms with E-state index < -0.39 is 11.8 Å². The van der Waals surface area contributed by atoms with Crippen LogP contribution in [0.1, 0.15) is 17.3 Å². The zero-order chi connectivity index (χ0) is 14.8. The number of fused-ring (bicyclic) bond motifs is 1. The monoisotopic (exact) mass is 284 g/mol. The quantitative estimate of drug-likeness (QED) is 0.748. The third-order valence-corrected chi connectivity index (χ3v) is 3.26. The molecule has 0 aliphatic rings. The smallest absolute Gasteiger partial charge is 0.338 e. The molecule has 1 heterocycles. The molecule has 0 bridgehead atoms. The van der Waals surface area contributed by atoms with Crippen molar-refractivity contribution in [2.75, 3.05) is 6.61 Å². The number of hydrogen-bond donors (Lipinski definition) is 1. The van der Waals surface area contributed by atoms with Crippen molar-refractivity contribution >= 4 is 16.9 Å². The van der Waals surface area contributed by atoms with E-state index in [9.17, 15) is 9.18 Å². The maximum absolute atomic E-state index is 14.2. The van der Waals surface area contributed by atoms with E-state index in [2.05, 4.69) is 10.2 Å². The Hall–Kier alpha value is -2.69. The number of aromatic amines is 1. The van der Waals surface area contributed by atoms with Gasteiger partial charge in [-0.25, -0.2) is 9.18 Å². The van der Waals surface area contributed by atoms with Crippen molar-refractivity contribution in [3.05, 3.63) is 54.0 Å². The number of carbonyl (C=O) groups excluding carboxylic acids is 1. The van der Waals surface area contributed by atoms with Crippen molar-refractivity contribution in [1.29, 1.82) is 0 Å². The van der Waals surface area contributed by atoms with Gasteiger partial charge in [-0.15, -0.1) is 0 Å². The molecule has 0 atom stereocenters. The molecule has 3 rings (SSSR count). The van der Waals surface area contributed by atoms with Gasteiger partial charge in [-0.1, -0.05) is 18.2 Å². The highest BCUT2D eigenvalue weighted by atomic mass is 19.1. The molecule has 3 aromatic rings. The number of ether oxygens (including phenoxy) is 1. The van der Waals surface area contributed by atoms with Gasteiger partial charge in [0, 0.05) is 16.5 Å². The molecule has 1 N–H and O–H groups in total. The maximum Gasteiger partial charge on any atom is 0.338 e. The Balaban J connectivity index is 2.32. The number of benzene rings is 2. The van der Waals surface area contributed by atoms with Gasteiger partial charge in [-0.2, -0.15) is 5.10 Å². The molecule has 1 aromatic heterocycles. The summed E-state index contributed by atoms with van der Waals surface area (Å²) < 4.78 is 19.2. The molecular weight excluding hydrogens is 271 g/mol. The second-order valence-corrected chi connectivity index (χ2v) is 4.52. The fourth-order valence-corrected chi connectivity index (χ4v) is 2.35. The van der Waals surface area contributed by atoms with E-state index in [-0.39, 0.29) is 6.61 Å². The molecule has 21 heavy (non-hydrogen) atoms. The molecule has 0 aliphatic carbocycles. The minimum absolute atomic E-state index is 0.263. The highest BCUT2D eigenvalue weighted by Gasteiger charge is 2.19. The first kappa shape index (κ1) is 13.3. The van der Waals surface area contributed by atoms with Crippen molar-refractivity contribution in [2.24, 2.45) is 0 Å². The van der Waals surface area contributed by atoms with Crippen LogP contribution in [0.15, 0.2) is 42.6 Å². The summed E-state index contributed by atoms with van der Waals surface area (Å²) >= 11 is 0. The fourth-order valence-electron chi connectivity index (χ4n) is 2.35. The predicted molar refractivity (Wildman–Crippen MR) is 77.4 cm³/mol. The number of halogens is 1. The third-order valence-electron chi connectivity index (χ3n) is 3.26. The predicted octanol–water partition coefficient (Wildman–Crippen LogP) is 3.55. The lowest BCUT2D eigenvalue weighted by molar-refractivity contribution is 0.0527. The first-order valence-electron chi connectivity index (χ1n) is 6.60. The molecule has 0 saturated carbocycles. The number of aromatic nitrogens is 2. The van der Waals surface area contributed by atoms with Crippen LogP contribution in [0.4, 0.5) is 4.39 Å². The Labute approximate surface area is 120 Å². The van der Waals surface area contributed by atoms with Gasteiger partial charge in [-0.05, 0) is 25.1 Å². The largest absolute Gasteiger partial charge is 0.462 e. The number of rotatable bonds is 3. The van der Waals surface area contributed by atoms with Gasteiger partial charge in [0.1, 0.15) is 5.82 Å². The van der Waals surface area contributed by atoms with E-state index in [1.54, 1.807) is 43.5 Å². The van der Waals surface area contributed by atoms with Gasteiger partial charge in [0.2, 0.25) is 0 Å². The lowest BCUT2D eigenvalue weighted by Gasteiger charge is -2.11. The number of esters is 1. The van der Waals surface area contributed by atoms with Crippen LogP contribution in [0.5, 0.6) is 0 Å². The van der Waals surface area contributed by atoms with Crippen LogP contribution in [0.25, 0.3) is 22.0 Å². The molecule has 0 saturated heterocycles. The van der Waals surface area contributed by atoms with E-state index in [1.807, 2.05) is 0 Å². The fraction of sp³-hybridized carbons (Fsp3) is 0.125. The average molecular weight is 284 g/mol. The van der Waals surface area contributed by atoms with Gasteiger partial charge >= 0.3 is 5.97 Å². The molecule has 0 amide bonds. The maximum atomic E-state index is 14.2. The van der Waals surface area contributed by atoms with Gasteiger partial charge in [0.25, 0.3) is 0 Å². The number of nitrogens with one attached hydrogen (secondary N) is 1. The van der Waals surface area contributed by atoms with E-state index in [1.165, 1.54) is 6.07 Å². The van der Waals surface area contributed by atoms with Gasteiger partial charge in [-0.3, -0.25) is 5.10 Å². The Bertz CT molecular complexity index is 811. The second kappa shape index (κ2) is 5.36. The van der Waals surface area contributed by atoms with Crippen LogP contribution in [-0.2, 0) is 4.74 Å². The van der Waals surface area contributed by atoms with Crippen LogP contribution in [0.3, 0.4) is 0 Å². The molecule has 0 aliphatic heterocycles. The molecular formula is C16H13FN2O2. The minimum Gasteiger partial charge on any atom is -0.462 e. The van der Waals surface area contributed by atoms with E-state index in [0.29, 0.717) is 22.1 Å².